The first-order chi connectivity index (χ1) is 7.26. The molecule has 0 spiro atoms. The maximum atomic E-state index is 5.07. The predicted octanol–water partition coefficient (Wildman–Crippen LogP) is 1.96. The molecule has 0 aliphatic carbocycles. The Morgan fingerprint density at radius 1 is 1.47 bits per heavy atom. The summed E-state index contributed by atoms with van der Waals surface area (Å²) in [7, 11) is 1.61. The van der Waals surface area contributed by atoms with Gasteiger partial charge in [-0.25, -0.2) is 4.98 Å². The zero-order valence-corrected chi connectivity index (χ0v) is 10.2. The molecule has 1 N–H and O–H groups in total. The van der Waals surface area contributed by atoms with Crippen molar-refractivity contribution in [1.29, 1.82) is 0 Å². The highest BCUT2D eigenvalue weighted by molar-refractivity contribution is 7.98. The molecule has 0 saturated heterocycles. The number of hydrogen-bond acceptors (Lipinski definition) is 5. The highest BCUT2D eigenvalue weighted by Crippen LogP contribution is 2.12. The normalized spacial score (nSPS) is 10.1. The van der Waals surface area contributed by atoms with Gasteiger partial charge in [-0.1, -0.05) is 0 Å². The number of methoxy groups -OCH3 is 1. The largest absolute Gasteiger partial charge is 0.481 e. The Labute approximate surface area is 94.8 Å². The molecule has 1 heterocycles. The number of rotatable bonds is 6. The van der Waals surface area contributed by atoms with Gasteiger partial charge in [0.05, 0.1) is 7.11 Å². The summed E-state index contributed by atoms with van der Waals surface area (Å²) in [4.78, 5) is 8.39. The summed E-state index contributed by atoms with van der Waals surface area (Å²) >= 11 is 1.85. The number of anilines is 1. The Morgan fingerprint density at radius 3 is 2.93 bits per heavy atom. The maximum Gasteiger partial charge on any atom is 0.218 e. The fraction of sp³-hybridized carbons (Fsp3) is 0.600. The van der Waals surface area contributed by atoms with Crippen molar-refractivity contribution in [3.05, 3.63) is 11.9 Å². The number of aromatic nitrogens is 2. The summed E-state index contributed by atoms with van der Waals surface area (Å²) in [5, 5.41) is 3.25. The van der Waals surface area contributed by atoms with Gasteiger partial charge in [-0.15, -0.1) is 0 Å². The Bertz CT molecular complexity index is 307. The lowest BCUT2D eigenvalue weighted by molar-refractivity contribution is 0.396. The van der Waals surface area contributed by atoms with Gasteiger partial charge in [0.1, 0.15) is 11.6 Å². The van der Waals surface area contributed by atoms with Crippen LogP contribution in [0.5, 0.6) is 5.88 Å². The summed E-state index contributed by atoms with van der Waals surface area (Å²) in [5.41, 5.74) is 0. The summed E-state index contributed by atoms with van der Waals surface area (Å²) in [6.07, 6.45) is 3.24. The smallest absolute Gasteiger partial charge is 0.218 e. The number of hydrogen-bond donors (Lipinski definition) is 1. The third-order valence-corrected chi connectivity index (χ3v) is 2.55. The van der Waals surface area contributed by atoms with Crippen LogP contribution in [0, 0.1) is 6.92 Å². The number of nitrogens with zero attached hydrogens (tertiary/aromatic N) is 2. The monoisotopic (exact) mass is 227 g/mol. The molecule has 0 fully saturated rings. The van der Waals surface area contributed by atoms with Crippen LogP contribution in [0.4, 0.5) is 5.82 Å². The minimum atomic E-state index is 0.606. The molecule has 0 amide bonds. The topological polar surface area (TPSA) is 47.0 Å². The third kappa shape index (κ3) is 4.38. The molecule has 15 heavy (non-hydrogen) atoms. The van der Waals surface area contributed by atoms with E-state index in [1.807, 2.05) is 24.8 Å². The molecule has 0 aliphatic heterocycles. The average Bonchev–Trinajstić information content (AvgIpc) is 2.23. The second-order valence-electron chi connectivity index (χ2n) is 3.12. The first-order valence-electron chi connectivity index (χ1n) is 4.88. The van der Waals surface area contributed by atoms with Crippen LogP contribution in [-0.2, 0) is 0 Å². The van der Waals surface area contributed by atoms with E-state index >= 15 is 0 Å². The lowest BCUT2D eigenvalue weighted by Crippen LogP contribution is -2.06. The van der Waals surface area contributed by atoms with Crippen LogP contribution in [0.3, 0.4) is 0 Å². The van der Waals surface area contributed by atoms with Gasteiger partial charge in [-0.2, -0.15) is 16.7 Å². The molecule has 0 aromatic carbocycles. The molecule has 1 aromatic rings. The molecule has 4 nitrogen and oxygen atoms in total. The van der Waals surface area contributed by atoms with E-state index in [9.17, 15) is 0 Å². The minimum absolute atomic E-state index is 0.606. The van der Waals surface area contributed by atoms with Crippen LogP contribution >= 0.6 is 11.8 Å². The van der Waals surface area contributed by atoms with E-state index in [2.05, 4.69) is 21.5 Å². The minimum Gasteiger partial charge on any atom is -0.481 e. The molecule has 1 rings (SSSR count). The van der Waals surface area contributed by atoms with Crippen LogP contribution < -0.4 is 10.1 Å². The fourth-order valence-electron chi connectivity index (χ4n) is 1.17. The zero-order chi connectivity index (χ0) is 11.1. The van der Waals surface area contributed by atoms with Crippen LogP contribution in [-0.4, -0.2) is 35.6 Å². The van der Waals surface area contributed by atoms with Crippen molar-refractivity contribution in [2.75, 3.05) is 31.0 Å². The lowest BCUT2D eigenvalue weighted by Gasteiger charge is -2.07. The number of aryl methyl sites for hydroxylation is 1. The number of nitrogens with one attached hydrogen (secondary N) is 1. The summed E-state index contributed by atoms with van der Waals surface area (Å²) in [6, 6.07) is 1.81. The van der Waals surface area contributed by atoms with Crippen LogP contribution in [0.2, 0.25) is 0 Å². The third-order valence-electron chi connectivity index (χ3n) is 1.85. The van der Waals surface area contributed by atoms with Crippen LogP contribution in [0.25, 0.3) is 0 Å². The number of thioether (sulfide) groups is 1. The van der Waals surface area contributed by atoms with Gasteiger partial charge in [0.15, 0.2) is 0 Å². The van der Waals surface area contributed by atoms with Gasteiger partial charge in [0, 0.05) is 12.6 Å². The SMILES string of the molecule is COc1cc(NCCCSC)nc(C)n1. The molecule has 0 aliphatic rings. The lowest BCUT2D eigenvalue weighted by atomic mass is 10.4. The van der Waals surface area contributed by atoms with Gasteiger partial charge in [-0.3, -0.25) is 0 Å². The van der Waals surface area contributed by atoms with Crippen molar-refractivity contribution in [2.24, 2.45) is 0 Å². The molecule has 0 bridgehead atoms. The van der Waals surface area contributed by atoms with Gasteiger partial charge < -0.3 is 10.1 Å². The first kappa shape index (κ1) is 12.1. The van der Waals surface area contributed by atoms with Crippen LogP contribution in [0.1, 0.15) is 12.2 Å². The van der Waals surface area contributed by atoms with Gasteiger partial charge in [0.2, 0.25) is 5.88 Å². The van der Waals surface area contributed by atoms with E-state index in [0.717, 1.165) is 30.4 Å². The number of ether oxygens (including phenoxy) is 1. The summed E-state index contributed by atoms with van der Waals surface area (Å²) in [5.74, 6) is 3.32. The Kier molecular flexibility index (Phi) is 5.25. The molecule has 84 valence electrons. The Hall–Kier alpha value is -0.970. The van der Waals surface area contributed by atoms with Crippen molar-refractivity contribution < 1.29 is 4.74 Å². The highest BCUT2D eigenvalue weighted by atomic mass is 32.2. The van der Waals surface area contributed by atoms with E-state index in [1.165, 1.54) is 0 Å². The quantitative estimate of drug-likeness (QED) is 0.753. The summed E-state index contributed by atoms with van der Waals surface area (Å²) < 4.78 is 5.07. The molecule has 0 atom stereocenters. The molecule has 0 unspecified atom stereocenters. The predicted molar refractivity (Wildman–Crippen MR) is 64.8 cm³/mol. The van der Waals surface area contributed by atoms with Gasteiger partial charge in [-0.05, 0) is 25.4 Å². The average molecular weight is 227 g/mol. The standard InChI is InChI=1S/C10H17N3OS/c1-8-12-9(7-10(13-8)14-2)11-5-4-6-15-3/h7H,4-6H2,1-3H3,(H,11,12,13). The molecule has 1 aromatic heterocycles. The van der Waals surface area contributed by atoms with E-state index in [0.29, 0.717) is 5.88 Å². The van der Waals surface area contributed by atoms with E-state index < -0.39 is 0 Å². The second kappa shape index (κ2) is 6.50. The van der Waals surface area contributed by atoms with Crippen LogP contribution in [0.15, 0.2) is 6.07 Å². The van der Waals surface area contributed by atoms with E-state index in [-0.39, 0.29) is 0 Å². The molecular formula is C10H17N3OS. The molecular weight excluding hydrogens is 210 g/mol. The van der Waals surface area contributed by atoms with Gasteiger partial charge in [0.25, 0.3) is 0 Å². The van der Waals surface area contributed by atoms with Crippen molar-refractivity contribution in [2.45, 2.75) is 13.3 Å². The van der Waals surface area contributed by atoms with Gasteiger partial charge >= 0.3 is 0 Å². The van der Waals surface area contributed by atoms with E-state index in [4.69, 9.17) is 4.74 Å². The molecule has 5 heteroatoms. The fourth-order valence-corrected chi connectivity index (χ4v) is 1.60. The maximum absolute atomic E-state index is 5.07. The van der Waals surface area contributed by atoms with Crippen molar-refractivity contribution in [3.8, 4) is 5.88 Å². The second-order valence-corrected chi connectivity index (χ2v) is 4.10. The van der Waals surface area contributed by atoms with Crippen molar-refractivity contribution in [3.63, 3.8) is 0 Å². The van der Waals surface area contributed by atoms with Crippen molar-refractivity contribution in [1.82, 2.24) is 9.97 Å². The summed E-state index contributed by atoms with van der Waals surface area (Å²) in [6.45, 7) is 2.79. The Morgan fingerprint density at radius 2 is 2.27 bits per heavy atom. The molecule has 0 radical (unpaired) electrons. The zero-order valence-electron chi connectivity index (χ0n) is 9.41. The van der Waals surface area contributed by atoms with Crippen molar-refractivity contribution >= 4 is 17.6 Å². The van der Waals surface area contributed by atoms with E-state index in [1.54, 1.807) is 7.11 Å². The first-order valence-corrected chi connectivity index (χ1v) is 6.28. The Balaban J connectivity index is 2.49. The molecule has 0 saturated carbocycles. The highest BCUT2D eigenvalue weighted by Gasteiger charge is 2.00.